The molecule has 0 bridgehead atoms. The number of hydrogen-bond acceptors (Lipinski definition) is 5. The molecule has 6 heteroatoms. The highest BCUT2D eigenvalue weighted by molar-refractivity contribution is 7.14. The minimum absolute atomic E-state index is 0.774. The number of aromatic nitrogens is 2. The van der Waals surface area contributed by atoms with Crippen molar-refractivity contribution < 1.29 is 14.7 Å². The molecule has 0 spiro atoms. The lowest BCUT2D eigenvalue weighted by Crippen LogP contribution is -2.28. The van der Waals surface area contributed by atoms with Gasteiger partial charge < -0.3 is 10.1 Å². The van der Waals surface area contributed by atoms with Gasteiger partial charge in [0.2, 0.25) is 12.4 Å². The summed E-state index contributed by atoms with van der Waals surface area (Å²) in [4.78, 5) is 4.58. The predicted octanol–water partition coefficient (Wildman–Crippen LogP) is 5.82. The second-order valence-corrected chi connectivity index (χ2v) is 7.63. The standard InChI is InChI=1S/C22H28N3O2S/c1-2-3-4-5-6-7-15-27-20-12-10-19(11-13-20)23-22-24-21(17-28-22)18-9-8-14-25(26)16-18/h8-14,16-17,26H,2-7,15H2,1H3,(H,23,24)/q+1. The Bertz CT molecular complexity index is 849. The van der Waals surface area contributed by atoms with Gasteiger partial charge in [0.25, 0.3) is 0 Å². The zero-order chi connectivity index (χ0) is 19.6. The lowest BCUT2D eigenvalue weighted by Gasteiger charge is -2.08. The first-order valence-electron chi connectivity index (χ1n) is 9.91. The summed E-state index contributed by atoms with van der Waals surface area (Å²) in [5.41, 5.74) is 2.67. The number of rotatable bonds is 11. The molecule has 28 heavy (non-hydrogen) atoms. The van der Waals surface area contributed by atoms with E-state index in [1.807, 2.05) is 35.7 Å². The lowest BCUT2D eigenvalue weighted by atomic mass is 10.1. The summed E-state index contributed by atoms with van der Waals surface area (Å²) in [5.74, 6) is 0.899. The first-order valence-corrected chi connectivity index (χ1v) is 10.8. The molecule has 0 saturated carbocycles. The van der Waals surface area contributed by atoms with Gasteiger partial charge in [0.05, 0.1) is 17.9 Å². The molecule has 0 aliphatic carbocycles. The summed E-state index contributed by atoms with van der Waals surface area (Å²) in [7, 11) is 0. The summed E-state index contributed by atoms with van der Waals surface area (Å²) in [6.45, 7) is 3.01. The number of nitrogens with one attached hydrogen (secondary N) is 1. The smallest absolute Gasteiger partial charge is 0.231 e. The van der Waals surface area contributed by atoms with Crippen LogP contribution >= 0.6 is 11.3 Å². The maximum absolute atomic E-state index is 9.53. The van der Waals surface area contributed by atoms with E-state index >= 15 is 0 Å². The van der Waals surface area contributed by atoms with E-state index in [0.29, 0.717) is 0 Å². The second-order valence-electron chi connectivity index (χ2n) is 6.78. The van der Waals surface area contributed by atoms with Crippen molar-refractivity contribution in [1.29, 1.82) is 0 Å². The van der Waals surface area contributed by atoms with Crippen molar-refractivity contribution in [3.05, 3.63) is 54.2 Å². The molecule has 2 N–H and O–H groups in total. The molecule has 0 amide bonds. The van der Waals surface area contributed by atoms with Crippen LogP contribution < -0.4 is 14.8 Å². The van der Waals surface area contributed by atoms with Gasteiger partial charge in [-0.05, 0) is 36.8 Å². The SMILES string of the molecule is CCCCCCCCOc1ccc(Nc2nc(-c3ccc[n+](O)c3)cs2)cc1. The molecule has 2 heterocycles. The maximum Gasteiger partial charge on any atom is 0.231 e. The molecule has 2 aromatic heterocycles. The Kier molecular flexibility index (Phi) is 7.67. The number of anilines is 2. The van der Waals surface area contributed by atoms with Crippen LogP contribution in [0.2, 0.25) is 0 Å². The average Bonchev–Trinajstić information content (AvgIpc) is 3.17. The fourth-order valence-electron chi connectivity index (χ4n) is 2.91. The molecule has 148 valence electrons. The van der Waals surface area contributed by atoms with Gasteiger partial charge in [0.15, 0.2) is 5.13 Å². The number of pyridine rings is 1. The first kappa shape index (κ1) is 20.1. The summed E-state index contributed by atoms with van der Waals surface area (Å²) in [6, 6.07) is 11.7. The highest BCUT2D eigenvalue weighted by Crippen LogP contribution is 2.27. The molecule has 0 atom stereocenters. The Hall–Kier alpha value is -2.60. The largest absolute Gasteiger partial charge is 0.494 e. The molecule has 0 saturated heterocycles. The summed E-state index contributed by atoms with van der Waals surface area (Å²) >= 11 is 1.53. The molecule has 0 aliphatic heterocycles. The minimum Gasteiger partial charge on any atom is -0.494 e. The van der Waals surface area contributed by atoms with Crippen LogP contribution in [-0.4, -0.2) is 16.8 Å². The van der Waals surface area contributed by atoms with Gasteiger partial charge in [0.1, 0.15) is 5.75 Å². The normalized spacial score (nSPS) is 10.8. The van der Waals surface area contributed by atoms with Gasteiger partial charge in [-0.25, -0.2) is 4.98 Å². The summed E-state index contributed by atoms with van der Waals surface area (Å²) in [5, 5.41) is 15.6. The van der Waals surface area contributed by atoms with E-state index < -0.39 is 0 Å². The number of nitrogens with zero attached hydrogens (tertiary/aromatic N) is 2. The number of unbranched alkanes of at least 4 members (excludes halogenated alkanes) is 5. The molecule has 5 nitrogen and oxygen atoms in total. The van der Waals surface area contributed by atoms with Crippen LogP contribution in [0.4, 0.5) is 10.8 Å². The minimum atomic E-state index is 0.774. The van der Waals surface area contributed by atoms with Crippen LogP contribution in [0.25, 0.3) is 11.3 Å². The monoisotopic (exact) mass is 398 g/mol. The lowest BCUT2D eigenvalue weighted by molar-refractivity contribution is -0.904. The zero-order valence-electron chi connectivity index (χ0n) is 16.3. The Morgan fingerprint density at radius 1 is 1.07 bits per heavy atom. The molecule has 1 aromatic carbocycles. The molecule has 3 aromatic rings. The van der Waals surface area contributed by atoms with Crippen molar-refractivity contribution in [3.63, 3.8) is 0 Å². The van der Waals surface area contributed by atoms with Crippen molar-refractivity contribution in [1.82, 2.24) is 4.98 Å². The van der Waals surface area contributed by atoms with Gasteiger partial charge in [-0.2, -0.15) is 0 Å². The van der Waals surface area contributed by atoms with Gasteiger partial charge in [0, 0.05) is 21.9 Å². The average molecular weight is 399 g/mol. The van der Waals surface area contributed by atoms with Crippen LogP contribution in [0.5, 0.6) is 5.75 Å². The molecule has 0 unspecified atom stereocenters. The van der Waals surface area contributed by atoms with Crippen LogP contribution in [0, 0.1) is 0 Å². The Morgan fingerprint density at radius 2 is 1.86 bits per heavy atom. The van der Waals surface area contributed by atoms with E-state index in [-0.39, 0.29) is 0 Å². The Labute approximate surface area is 170 Å². The first-order chi connectivity index (χ1) is 13.7. The zero-order valence-corrected chi connectivity index (χ0v) is 17.1. The molecule has 3 rings (SSSR count). The third-order valence-electron chi connectivity index (χ3n) is 4.46. The van der Waals surface area contributed by atoms with Crippen molar-refractivity contribution in [2.45, 2.75) is 45.4 Å². The maximum atomic E-state index is 9.53. The summed E-state index contributed by atoms with van der Waals surface area (Å²) < 4.78 is 6.86. The summed E-state index contributed by atoms with van der Waals surface area (Å²) in [6.07, 6.45) is 10.8. The van der Waals surface area contributed by atoms with Crippen LogP contribution in [0.1, 0.15) is 45.4 Å². The van der Waals surface area contributed by atoms with Gasteiger partial charge in [-0.15, -0.1) is 11.3 Å². The molecule has 0 radical (unpaired) electrons. The number of thiazole rings is 1. The van der Waals surface area contributed by atoms with Crippen molar-refractivity contribution in [3.8, 4) is 17.0 Å². The van der Waals surface area contributed by atoms with Crippen LogP contribution in [-0.2, 0) is 0 Å². The highest BCUT2D eigenvalue weighted by Gasteiger charge is 2.09. The van der Waals surface area contributed by atoms with Gasteiger partial charge in [-0.3, -0.25) is 5.21 Å². The van der Waals surface area contributed by atoms with E-state index in [1.165, 1.54) is 43.4 Å². The van der Waals surface area contributed by atoms with Crippen molar-refractivity contribution in [2.75, 3.05) is 11.9 Å². The predicted molar refractivity (Wildman–Crippen MR) is 114 cm³/mol. The fourth-order valence-corrected chi connectivity index (χ4v) is 3.65. The van der Waals surface area contributed by atoms with Gasteiger partial charge >= 0.3 is 0 Å². The third-order valence-corrected chi connectivity index (χ3v) is 5.22. The number of ether oxygens (including phenoxy) is 1. The molecule has 0 aliphatic rings. The highest BCUT2D eigenvalue weighted by atomic mass is 32.1. The quantitative estimate of drug-likeness (QED) is 0.243. The molecule has 0 fully saturated rings. The number of hydrogen-bond donors (Lipinski definition) is 2. The van der Waals surface area contributed by atoms with Crippen molar-refractivity contribution >= 4 is 22.2 Å². The van der Waals surface area contributed by atoms with Gasteiger partial charge in [-0.1, -0.05) is 39.0 Å². The molecular weight excluding hydrogens is 370 g/mol. The van der Waals surface area contributed by atoms with E-state index in [2.05, 4.69) is 17.2 Å². The molecular formula is C22H28N3O2S+. The van der Waals surface area contributed by atoms with Crippen LogP contribution in [0.15, 0.2) is 54.2 Å². The topological polar surface area (TPSA) is 58.3 Å². The number of benzene rings is 1. The van der Waals surface area contributed by atoms with E-state index in [9.17, 15) is 5.21 Å². The Morgan fingerprint density at radius 3 is 2.64 bits per heavy atom. The Balaban J connectivity index is 1.46. The van der Waals surface area contributed by atoms with Crippen molar-refractivity contribution in [2.24, 2.45) is 0 Å². The van der Waals surface area contributed by atoms with Crippen LogP contribution in [0.3, 0.4) is 0 Å². The van der Waals surface area contributed by atoms with E-state index in [4.69, 9.17) is 4.74 Å². The third kappa shape index (κ3) is 6.23. The van der Waals surface area contributed by atoms with E-state index in [1.54, 1.807) is 18.5 Å². The van der Waals surface area contributed by atoms with E-state index in [0.717, 1.165) is 45.6 Å². The second kappa shape index (κ2) is 10.7. The fraction of sp³-hybridized carbons (Fsp3) is 0.364.